The van der Waals surface area contributed by atoms with Gasteiger partial charge in [0.25, 0.3) is 5.69 Å². The number of nitrogens with zero attached hydrogens (tertiary/aromatic N) is 1. The van der Waals surface area contributed by atoms with E-state index in [1.807, 2.05) is 12.1 Å². The molecular weight excluding hydrogens is 398 g/mol. The van der Waals surface area contributed by atoms with Crippen molar-refractivity contribution >= 4 is 28.9 Å². The molecule has 154 valence electrons. The summed E-state index contributed by atoms with van der Waals surface area (Å²) in [6.45, 7) is 2.09. The number of nitro benzene ring substituents is 1. The number of nitro groups is 1. The highest BCUT2D eigenvalue weighted by molar-refractivity contribution is 6.32. The molecule has 29 heavy (non-hydrogen) atoms. The van der Waals surface area contributed by atoms with Gasteiger partial charge in [-0.1, -0.05) is 11.6 Å². The van der Waals surface area contributed by atoms with Crippen LogP contribution in [0.25, 0.3) is 0 Å². The predicted molar refractivity (Wildman–Crippen MR) is 110 cm³/mol. The van der Waals surface area contributed by atoms with E-state index >= 15 is 0 Å². The van der Waals surface area contributed by atoms with Crippen molar-refractivity contribution in [2.75, 3.05) is 31.6 Å². The van der Waals surface area contributed by atoms with Gasteiger partial charge in [0.15, 0.2) is 11.5 Å². The summed E-state index contributed by atoms with van der Waals surface area (Å²) >= 11 is 6.22. The lowest BCUT2D eigenvalue weighted by Crippen LogP contribution is -2.26. The van der Waals surface area contributed by atoms with E-state index in [1.165, 1.54) is 12.1 Å². The molecule has 1 aliphatic heterocycles. The van der Waals surface area contributed by atoms with Gasteiger partial charge in [-0.25, -0.2) is 0 Å². The van der Waals surface area contributed by atoms with Gasteiger partial charge in [0.2, 0.25) is 5.91 Å². The zero-order chi connectivity index (χ0) is 20.6. The summed E-state index contributed by atoms with van der Waals surface area (Å²) in [5.74, 6) is 1.19. The third-order valence-electron chi connectivity index (χ3n) is 4.38. The van der Waals surface area contributed by atoms with Crippen LogP contribution in [-0.4, -0.2) is 37.1 Å². The van der Waals surface area contributed by atoms with Crippen LogP contribution in [0.15, 0.2) is 36.4 Å². The third-order valence-corrected chi connectivity index (χ3v) is 4.66. The average molecular weight is 420 g/mol. The van der Waals surface area contributed by atoms with E-state index in [2.05, 4.69) is 10.6 Å². The molecule has 0 saturated heterocycles. The van der Waals surface area contributed by atoms with Crippen molar-refractivity contribution < 1.29 is 19.2 Å². The maximum atomic E-state index is 12.0. The van der Waals surface area contributed by atoms with E-state index in [0.717, 1.165) is 11.3 Å². The fourth-order valence-corrected chi connectivity index (χ4v) is 3.21. The maximum Gasteiger partial charge on any atom is 0.269 e. The fourth-order valence-electron chi connectivity index (χ4n) is 2.93. The molecule has 8 nitrogen and oxygen atoms in total. The van der Waals surface area contributed by atoms with Crippen molar-refractivity contribution in [1.29, 1.82) is 0 Å². The fraction of sp³-hybridized carbons (Fsp3) is 0.350. The summed E-state index contributed by atoms with van der Waals surface area (Å²) in [4.78, 5) is 22.2. The average Bonchev–Trinajstić information content (AvgIpc) is 2.71. The van der Waals surface area contributed by atoms with E-state index in [-0.39, 0.29) is 11.6 Å². The standard InChI is InChI=1S/C20H22ClN3O5/c21-17-12-14(13-18-20(17)29-11-10-28-18)7-9-23-19(25)2-1-8-22-15-3-5-16(6-4-15)24(26)27/h3-6,12-13,22H,1-2,7-11H2,(H,23,25). The molecule has 2 aromatic carbocycles. The van der Waals surface area contributed by atoms with Crippen molar-refractivity contribution in [2.45, 2.75) is 19.3 Å². The number of carbonyl (C=O) groups excluding carboxylic acids is 1. The SMILES string of the molecule is O=C(CCCNc1ccc([N+](=O)[O-])cc1)NCCc1cc(Cl)c2c(c1)OCCO2. The smallest absolute Gasteiger partial charge is 0.269 e. The van der Waals surface area contributed by atoms with E-state index in [0.29, 0.717) is 62.1 Å². The van der Waals surface area contributed by atoms with Gasteiger partial charge in [-0.15, -0.1) is 0 Å². The van der Waals surface area contributed by atoms with E-state index in [4.69, 9.17) is 21.1 Å². The first kappa shape index (κ1) is 20.7. The summed E-state index contributed by atoms with van der Waals surface area (Å²) in [7, 11) is 0. The molecule has 0 aromatic heterocycles. The normalized spacial score (nSPS) is 12.3. The van der Waals surface area contributed by atoms with Crippen LogP contribution < -0.4 is 20.1 Å². The quantitative estimate of drug-likeness (QED) is 0.366. The molecule has 0 fully saturated rings. The second-order valence-electron chi connectivity index (χ2n) is 6.54. The number of rotatable bonds is 9. The number of hydrogen-bond acceptors (Lipinski definition) is 6. The molecule has 0 aliphatic carbocycles. The van der Waals surface area contributed by atoms with Gasteiger partial charge in [-0.2, -0.15) is 0 Å². The van der Waals surface area contributed by atoms with Gasteiger partial charge in [0.05, 0.1) is 9.95 Å². The molecule has 2 aromatic rings. The van der Waals surface area contributed by atoms with Gasteiger partial charge < -0.3 is 20.1 Å². The van der Waals surface area contributed by atoms with Crippen LogP contribution in [0, 0.1) is 10.1 Å². The van der Waals surface area contributed by atoms with Crippen LogP contribution in [-0.2, 0) is 11.2 Å². The van der Waals surface area contributed by atoms with E-state index in [9.17, 15) is 14.9 Å². The van der Waals surface area contributed by atoms with Gasteiger partial charge in [0.1, 0.15) is 13.2 Å². The lowest BCUT2D eigenvalue weighted by Gasteiger charge is -2.20. The minimum Gasteiger partial charge on any atom is -0.486 e. The zero-order valence-corrected chi connectivity index (χ0v) is 16.5. The molecule has 0 saturated carbocycles. The molecule has 0 bridgehead atoms. The Balaban J connectivity index is 1.34. The second-order valence-corrected chi connectivity index (χ2v) is 6.94. The first-order valence-electron chi connectivity index (χ1n) is 9.36. The predicted octanol–water partition coefficient (Wildman–Crippen LogP) is 3.57. The number of nitrogens with one attached hydrogen (secondary N) is 2. The minimum atomic E-state index is -0.437. The molecule has 0 atom stereocenters. The first-order valence-corrected chi connectivity index (χ1v) is 9.74. The zero-order valence-electron chi connectivity index (χ0n) is 15.8. The number of non-ortho nitro benzene ring substituents is 1. The maximum absolute atomic E-state index is 12.0. The topological polar surface area (TPSA) is 103 Å². The number of hydrogen-bond donors (Lipinski definition) is 2. The van der Waals surface area contributed by atoms with Gasteiger partial charge in [0, 0.05) is 37.3 Å². The molecule has 1 aliphatic rings. The van der Waals surface area contributed by atoms with Gasteiger partial charge >= 0.3 is 0 Å². The van der Waals surface area contributed by atoms with Crippen LogP contribution in [0.2, 0.25) is 5.02 Å². The molecule has 1 amide bonds. The van der Waals surface area contributed by atoms with Crippen LogP contribution in [0.4, 0.5) is 11.4 Å². The monoisotopic (exact) mass is 419 g/mol. The van der Waals surface area contributed by atoms with Crippen molar-refractivity contribution in [3.8, 4) is 11.5 Å². The molecule has 1 heterocycles. The number of anilines is 1. The summed E-state index contributed by atoms with van der Waals surface area (Å²) in [6.07, 6.45) is 1.68. The second kappa shape index (κ2) is 9.97. The molecular formula is C20H22ClN3O5. The molecule has 0 radical (unpaired) electrons. The first-order chi connectivity index (χ1) is 14.0. The van der Waals surface area contributed by atoms with Gasteiger partial charge in [-0.05, 0) is 42.7 Å². The molecule has 2 N–H and O–H groups in total. The van der Waals surface area contributed by atoms with E-state index < -0.39 is 4.92 Å². The van der Waals surface area contributed by atoms with Gasteiger partial charge in [-0.3, -0.25) is 14.9 Å². The number of ether oxygens (including phenoxy) is 2. The summed E-state index contributed by atoms with van der Waals surface area (Å²) < 4.78 is 11.0. The van der Waals surface area contributed by atoms with Crippen molar-refractivity contribution in [3.05, 3.63) is 57.1 Å². The Bertz CT molecular complexity index is 873. The number of carbonyl (C=O) groups is 1. The van der Waals surface area contributed by atoms with Crippen LogP contribution in [0.3, 0.4) is 0 Å². The van der Waals surface area contributed by atoms with Crippen LogP contribution in [0.5, 0.6) is 11.5 Å². The highest BCUT2D eigenvalue weighted by atomic mass is 35.5. The number of amides is 1. The molecule has 0 unspecified atom stereocenters. The largest absolute Gasteiger partial charge is 0.486 e. The third kappa shape index (κ3) is 5.99. The van der Waals surface area contributed by atoms with Crippen molar-refractivity contribution in [1.82, 2.24) is 5.32 Å². The summed E-state index contributed by atoms with van der Waals surface area (Å²) in [5, 5.41) is 17.2. The van der Waals surface area contributed by atoms with Crippen LogP contribution in [0.1, 0.15) is 18.4 Å². The molecule has 9 heteroatoms. The Kier molecular flexibility index (Phi) is 7.13. The Labute approximate surface area is 173 Å². The number of halogens is 1. The molecule has 3 rings (SSSR count). The number of benzene rings is 2. The summed E-state index contributed by atoms with van der Waals surface area (Å²) in [6, 6.07) is 9.90. The Hall–Kier alpha value is -3.00. The Morgan fingerprint density at radius 1 is 1.14 bits per heavy atom. The molecule has 0 spiro atoms. The highest BCUT2D eigenvalue weighted by Gasteiger charge is 2.16. The highest BCUT2D eigenvalue weighted by Crippen LogP contribution is 2.38. The lowest BCUT2D eigenvalue weighted by atomic mass is 10.1. The Morgan fingerprint density at radius 2 is 1.90 bits per heavy atom. The lowest BCUT2D eigenvalue weighted by molar-refractivity contribution is -0.384. The van der Waals surface area contributed by atoms with E-state index in [1.54, 1.807) is 12.1 Å². The van der Waals surface area contributed by atoms with Crippen molar-refractivity contribution in [2.24, 2.45) is 0 Å². The minimum absolute atomic E-state index is 0.0286. The summed E-state index contributed by atoms with van der Waals surface area (Å²) in [5.41, 5.74) is 1.81. The Morgan fingerprint density at radius 3 is 2.66 bits per heavy atom. The number of fused-ring (bicyclic) bond motifs is 1. The van der Waals surface area contributed by atoms with Crippen molar-refractivity contribution in [3.63, 3.8) is 0 Å². The van der Waals surface area contributed by atoms with Crippen LogP contribution >= 0.6 is 11.6 Å².